The second kappa shape index (κ2) is 51.3. The molecule has 782 valence electrons. The van der Waals surface area contributed by atoms with E-state index in [1.54, 1.807) is 182 Å². The fourth-order valence-electron chi connectivity index (χ4n) is 19.2. The number of carbonyl (C=O) groups is 14. The van der Waals surface area contributed by atoms with Crippen molar-refractivity contribution in [1.82, 2.24) is 57.7 Å². The molecule has 38 nitrogen and oxygen atoms in total. The molecule has 16 N–H and O–H groups in total. The number of ketones is 1. The smallest absolute Gasteiger partial charge is 0.410 e. The third kappa shape index (κ3) is 27.8. The Bertz CT molecular complexity index is 5510. The average molecular weight is 2070 g/mol. The van der Waals surface area contributed by atoms with E-state index in [0.29, 0.717) is 57.6 Å². The Balaban J connectivity index is 0.894. The quantitative estimate of drug-likeness (QED) is 0.00610. The lowest BCUT2D eigenvalue weighted by atomic mass is 9.44. The number of esters is 3. The van der Waals surface area contributed by atoms with Crippen LogP contribution in [0.2, 0.25) is 0 Å². The molecule has 2 saturated heterocycles. The molecular weight excluding hydrogens is 1940 g/mol. The van der Waals surface area contributed by atoms with Crippen LogP contribution in [0.15, 0.2) is 163 Å². The van der Waals surface area contributed by atoms with Gasteiger partial charge in [-0.2, -0.15) is 0 Å². The molecule has 2 aliphatic heterocycles. The number of amides is 10. The predicted molar refractivity (Wildman–Crippen MR) is 540 cm³/mol. The molecule has 0 spiro atoms. The lowest BCUT2D eigenvalue weighted by Crippen LogP contribution is -2.82. The molecule has 6 aromatic rings. The summed E-state index contributed by atoms with van der Waals surface area (Å²) in [5.41, 5.74) is -0.0902. The number of methoxy groups -OCH3 is 2. The van der Waals surface area contributed by atoms with Crippen LogP contribution >= 0.6 is 43.2 Å². The summed E-state index contributed by atoms with van der Waals surface area (Å²) in [6.45, 7) is 15.8. The molecule has 144 heavy (non-hydrogen) atoms. The summed E-state index contributed by atoms with van der Waals surface area (Å²) < 4.78 is 50.6. The van der Waals surface area contributed by atoms with Crippen LogP contribution in [-0.4, -0.2) is 291 Å². The number of para-hydroxylation sites is 1. The van der Waals surface area contributed by atoms with Gasteiger partial charge in [-0.05, 0) is 132 Å². The number of hydrogen-bond acceptors (Lipinski definition) is 31. The number of aromatic amines is 1. The Hall–Kier alpha value is -11.2. The Morgan fingerprint density at radius 2 is 1.33 bits per heavy atom. The summed E-state index contributed by atoms with van der Waals surface area (Å²) >= 11 is 0. The molecule has 2 saturated carbocycles. The number of nitrogens with two attached hydrogens (primary N) is 1. The lowest BCUT2D eigenvalue weighted by molar-refractivity contribution is -0.347. The number of aliphatic hydroxyl groups is 4. The zero-order valence-corrected chi connectivity index (χ0v) is 86.2. The van der Waals surface area contributed by atoms with Crippen molar-refractivity contribution in [1.29, 1.82) is 0 Å². The normalized spacial score (nSPS) is 26.1. The molecule has 10 amide bonds. The second-order valence-corrected chi connectivity index (χ2v) is 43.4. The Kier molecular flexibility index (Phi) is 40.3. The number of nitrogens with zero attached hydrogens (tertiary/aromatic N) is 1. The van der Waals surface area contributed by atoms with Gasteiger partial charge < -0.3 is 122 Å². The molecule has 3 heterocycles. The molecule has 42 heteroatoms. The number of aromatic nitrogens is 1. The first-order valence-electron chi connectivity index (χ1n) is 48.1. The van der Waals surface area contributed by atoms with Crippen molar-refractivity contribution in [2.75, 3.05) is 64.3 Å². The van der Waals surface area contributed by atoms with Crippen LogP contribution < -0.4 is 53.6 Å². The number of aliphatic hydroxyl groups excluding tert-OH is 3. The number of rotatable bonds is 36. The number of ether oxygens (including phenoxy) is 8. The Labute approximate surface area is 852 Å². The van der Waals surface area contributed by atoms with Gasteiger partial charge >= 0.3 is 30.1 Å². The molecule has 4 fully saturated rings. The fourth-order valence-corrected chi connectivity index (χ4v) is 23.2. The molecule has 21 atom stereocenters. The Morgan fingerprint density at radius 1 is 0.708 bits per heavy atom. The largest absolute Gasteiger partial charge is 0.455 e. The number of Topliss-reactive ketones (excluding diaryl/α,β-unsaturated/α-hetero) is 1. The molecule has 1 aromatic heterocycles. The van der Waals surface area contributed by atoms with Gasteiger partial charge in [0.25, 0.3) is 5.24 Å². The summed E-state index contributed by atoms with van der Waals surface area (Å²) in [5, 5.41) is 70.9. The summed E-state index contributed by atoms with van der Waals surface area (Å²) in [7, 11) is 6.10. The van der Waals surface area contributed by atoms with Crippen LogP contribution in [0.4, 0.5) is 14.4 Å². The van der Waals surface area contributed by atoms with Gasteiger partial charge in [0.05, 0.1) is 54.5 Å². The maximum atomic E-state index is 16.3. The highest BCUT2D eigenvalue weighted by Crippen LogP contribution is 2.65. The number of carbonyl (C=O) groups excluding carboxylic acids is 14. The van der Waals surface area contributed by atoms with Gasteiger partial charge in [-0.1, -0.05) is 187 Å². The minimum atomic E-state index is -2.46. The molecule has 5 aliphatic rings. The zero-order valence-electron chi connectivity index (χ0n) is 83.0. The summed E-state index contributed by atoms with van der Waals surface area (Å²) in [6, 6.07) is 26.3. The van der Waals surface area contributed by atoms with E-state index < -0.39 is 232 Å². The SMILES string of the molecule is CCCCN(CCSSC(=O)N[C@H](Cc1ccccc1)C(=O)N[C@H]1CSSC[C@@H](C(=O)N[C@H](CO)[C@@H](C)O)NC(=O)[C@H]([C@@H](C)O)NC(=O)[C@H](CCCCN)NC(=O)[C@@H](Cc2c[nH]c3ccccc23)NC(=O)[C@H](Cc2ccccc2)NC1=O)C(=O)OC(C(=O)OC1C[C@@]2(O)[C@@H](OC(=O)c3ccccc3)[C@@H]3[C@]4(OC(C)=O)CO[C@@H]4C[C@H](OC)[C@@]3(C)C(=O)[C@H](OC)C(=C1C)C2(C)C)[C@@H](NC(=O)OC(C)(C)C)c1ccccc1. The molecule has 0 radical (unpaired) electrons. The highest BCUT2D eigenvalue weighted by atomic mass is 33.1. The van der Waals surface area contributed by atoms with E-state index in [1.807, 2.05) is 13.0 Å². The maximum absolute atomic E-state index is 16.3. The van der Waals surface area contributed by atoms with E-state index in [1.165, 1.54) is 52.0 Å². The van der Waals surface area contributed by atoms with E-state index in [2.05, 4.69) is 52.8 Å². The highest BCUT2D eigenvalue weighted by molar-refractivity contribution is 8.82. The Morgan fingerprint density at radius 3 is 1.94 bits per heavy atom. The number of unbranched alkanes of at least 4 members (excludes halogenated alkanes) is 2. The summed E-state index contributed by atoms with van der Waals surface area (Å²) in [6.07, 6.45) is -12.5. The number of hydrogen-bond donors (Lipinski definition) is 15. The van der Waals surface area contributed by atoms with Crippen LogP contribution in [0.5, 0.6) is 0 Å². The maximum Gasteiger partial charge on any atom is 0.410 e. The number of fused-ring (bicyclic) bond motifs is 6. The minimum Gasteiger partial charge on any atom is -0.455 e. The predicted octanol–water partition coefficient (Wildman–Crippen LogP) is 7.15. The van der Waals surface area contributed by atoms with Crippen molar-refractivity contribution in [3.63, 3.8) is 0 Å². The fraction of sp³-hybridized carbons (Fsp3) is 0.529. The topological polar surface area (TPSA) is 547 Å². The first kappa shape index (κ1) is 113. The van der Waals surface area contributed by atoms with Gasteiger partial charge in [0.2, 0.25) is 47.5 Å². The van der Waals surface area contributed by atoms with Gasteiger partial charge in [-0.3, -0.25) is 47.9 Å². The van der Waals surface area contributed by atoms with Crippen LogP contribution in [0.1, 0.15) is 160 Å². The third-order valence-corrected chi connectivity index (χ3v) is 31.4. The number of H-pyrrole nitrogens is 1. The molecule has 2 bridgehead atoms. The molecule has 11 rings (SSSR count). The van der Waals surface area contributed by atoms with Gasteiger partial charge in [0.15, 0.2) is 11.4 Å². The monoisotopic (exact) mass is 2070 g/mol. The van der Waals surface area contributed by atoms with Crippen LogP contribution in [-0.2, 0) is 105 Å². The van der Waals surface area contributed by atoms with Crippen molar-refractivity contribution in [3.05, 3.63) is 191 Å². The van der Waals surface area contributed by atoms with E-state index in [-0.39, 0.29) is 104 Å². The van der Waals surface area contributed by atoms with Crippen LogP contribution in [0, 0.1) is 16.7 Å². The second-order valence-electron chi connectivity index (χ2n) is 38.5. The lowest BCUT2D eigenvalue weighted by Gasteiger charge is -2.67. The molecule has 2 unspecified atom stereocenters. The standard InChI is InChI=1S/C102H134N12O26S4/c1-14-15-44-114(97(131)137-82(80(63-36-24-18-25-37-63)113-95(129)140-98(6,7)8)94(128)136-75-51-102(132)85(138-93(127)64-38-26-19-27-39-64)83-100(11,84(119)81(134-13)78(57(75)2)99(102,9)10)76(133-12)50-77-101(83,56-135-77)139-60(5)118)45-46-141-144-96(130)111-70(48-62-34-22-17-23-35-62)88(122)109-73-54-142-143-55-74(91(125)108-72(53-115)58(3)116)110-92(126)79(59(4)117)112-86(120)68(42-30-31-43-103)105-89(123)71(49-65-52-104-67-41-29-28-40-66(65)67)107-87(121)69(106-90(73)124)47-61-32-20-16-21-33-61/h16-29,32-41,52,58-59,68-77,79-83,85,104,115-117,132H,14-15,30-31,42-51,53-56,103H2,1-13H3,(H,105,123)(H,106,124)(H,107,121)(H,108,125)(H,109,122)(H,110,126)(H,111,130)(H,112,120)(H,113,129)/t58-,59-,68+,69+,70-,71-,72-,73+,74+,75?,76+,77-,79+,80+,81-,82?,83+,85+,100-,101+,102-/m1/s1. The minimum absolute atomic E-state index is 0.00661. The highest BCUT2D eigenvalue weighted by Gasteiger charge is 2.78. The van der Waals surface area contributed by atoms with Crippen molar-refractivity contribution < 1.29 is 125 Å². The third-order valence-electron chi connectivity index (χ3n) is 27.0. The first-order chi connectivity index (χ1) is 68.5. The van der Waals surface area contributed by atoms with Crippen molar-refractivity contribution in [3.8, 4) is 0 Å². The molecule has 3 aliphatic carbocycles. The van der Waals surface area contributed by atoms with Crippen LogP contribution in [0.3, 0.4) is 0 Å². The van der Waals surface area contributed by atoms with E-state index >= 15 is 33.6 Å². The van der Waals surface area contributed by atoms with Crippen molar-refractivity contribution >= 4 is 137 Å². The van der Waals surface area contributed by atoms with Crippen molar-refractivity contribution in [2.24, 2.45) is 22.5 Å². The number of benzene rings is 5. The van der Waals surface area contributed by atoms with E-state index in [9.17, 15) is 54.0 Å². The van der Waals surface area contributed by atoms with Gasteiger partial charge in [0, 0.05) is 117 Å². The number of nitrogens with one attached hydrogen (secondary N) is 10. The summed E-state index contributed by atoms with van der Waals surface area (Å²) in [5.74, 6) is -12.5. The molecular formula is C102H134N12O26S4. The van der Waals surface area contributed by atoms with Gasteiger partial charge in [-0.25, -0.2) is 19.2 Å². The summed E-state index contributed by atoms with van der Waals surface area (Å²) in [4.78, 5) is 215. The number of alkyl carbamates (subject to hydrolysis) is 1. The van der Waals surface area contributed by atoms with Gasteiger partial charge in [-0.15, -0.1) is 0 Å². The average Bonchev–Trinajstić information content (AvgIpc) is 0.670. The zero-order chi connectivity index (χ0) is 105. The molecule has 5 aromatic carbocycles. The van der Waals surface area contributed by atoms with E-state index in [0.717, 1.165) is 32.4 Å². The van der Waals surface area contributed by atoms with Gasteiger partial charge in [0.1, 0.15) is 84.0 Å². The van der Waals surface area contributed by atoms with E-state index in [4.69, 9.17) is 43.6 Å². The van der Waals surface area contributed by atoms with Crippen LogP contribution in [0.25, 0.3) is 10.9 Å². The van der Waals surface area contributed by atoms with Crippen molar-refractivity contribution in [2.45, 2.75) is 260 Å². The first-order valence-corrected chi connectivity index (χ1v) is 52.9.